The van der Waals surface area contributed by atoms with E-state index in [2.05, 4.69) is 13.5 Å². The molecule has 98 valence electrons. The fourth-order valence-corrected chi connectivity index (χ4v) is 3.01. The summed E-state index contributed by atoms with van der Waals surface area (Å²) in [7, 11) is 0. The Hall–Kier alpha value is -0.590. The summed E-state index contributed by atoms with van der Waals surface area (Å²) in [4.78, 5) is 11.8. The quantitative estimate of drug-likeness (QED) is 0.432. The minimum atomic E-state index is 0.393. The molecule has 17 heavy (non-hydrogen) atoms. The van der Waals surface area contributed by atoms with Gasteiger partial charge in [-0.15, -0.1) is 6.58 Å². The monoisotopic (exact) mass is 236 g/mol. The molecule has 0 radical (unpaired) electrons. The van der Waals surface area contributed by atoms with Crippen LogP contribution in [0.15, 0.2) is 12.7 Å². The molecule has 0 heterocycles. The molecule has 0 bridgehead atoms. The first kappa shape index (κ1) is 14.5. The second kappa shape index (κ2) is 8.49. The summed E-state index contributed by atoms with van der Waals surface area (Å²) in [6.45, 7) is 5.99. The summed E-state index contributed by atoms with van der Waals surface area (Å²) in [5.41, 5.74) is 0. The lowest BCUT2D eigenvalue weighted by Gasteiger charge is -2.27. The average molecular weight is 236 g/mol. The molecule has 1 aliphatic rings. The number of allylic oxidation sites excluding steroid dienone is 1. The van der Waals surface area contributed by atoms with Crippen LogP contribution in [0, 0.1) is 11.8 Å². The number of Topliss-reactive ketones (excluding diaryl/α,β-unsaturated/α-hetero) is 1. The van der Waals surface area contributed by atoms with Gasteiger partial charge in [0.2, 0.25) is 0 Å². The Morgan fingerprint density at radius 3 is 2.82 bits per heavy atom. The third kappa shape index (κ3) is 5.52. The Balaban J connectivity index is 2.20. The smallest absolute Gasteiger partial charge is 0.135 e. The lowest BCUT2D eigenvalue weighted by atomic mass is 9.76. The molecular weight excluding hydrogens is 208 g/mol. The Morgan fingerprint density at radius 1 is 1.29 bits per heavy atom. The van der Waals surface area contributed by atoms with Gasteiger partial charge in [0.05, 0.1) is 0 Å². The van der Waals surface area contributed by atoms with Crippen molar-refractivity contribution < 1.29 is 4.79 Å². The number of carbonyl (C=O) groups is 1. The minimum Gasteiger partial charge on any atom is -0.299 e. The molecule has 1 saturated carbocycles. The number of unbranched alkanes of at least 4 members (excludes halogenated alkanes) is 3. The van der Waals surface area contributed by atoms with E-state index in [1.54, 1.807) is 0 Å². The Morgan fingerprint density at radius 2 is 2.12 bits per heavy atom. The van der Waals surface area contributed by atoms with Gasteiger partial charge < -0.3 is 0 Å². The van der Waals surface area contributed by atoms with E-state index in [0.29, 0.717) is 11.7 Å². The van der Waals surface area contributed by atoms with E-state index in [1.165, 1.54) is 38.5 Å². The summed E-state index contributed by atoms with van der Waals surface area (Å²) in [5.74, 6) is 1.76. The molecule has 1 heteroatoms. The second-order valence-corrected chi connectivity index (χ2v) is 5.52. The molecule has 1 aliphatic carbocycles. The van der Waals surface area contributed by atoms with Crippen LogP contribution in [-0.4, -0.2) is 5.78 Å². The summed E-state index contributed by atoms with van der Waals surface area (Å²) >= 11 is 0. The van der Waals surface area contributed by atoms with Crippen molar-refractivity contribution in [3.05, 3.63) is 12.7 Å². The summed E-state index contributed by atoms with van der Waals surface area (Å²) in [6.07, 6.45) is 13.7. The highest BCUT2D eigenvalue weighted by atomic mass is 16.1. The van der Waals surface area contributed by atoms with Gasteiger partial charge >= 0.3 is 0 Å². The van der Waals surface area contributed by atoms with Crippen molar-refractivity contribution in [2.24, 2.45) is 11.8 Å². The van der Waals surface area contributed by atoms with Gasteiger partial charge in [-0.2, -0.15) is 0 Å². The maximum absolute atomic E-state index is 11.8. The fraction of sp³-hybridized carbons (Fsp3) is 0.812. The van der Waals surface area contributed by atoms with Crippen LogP contribution >= 0.6 is 0 Å². The summed E-state index contributed by atoms with van der Waals surface area (Å²) in [5, 5.41) is 0. The van der Waals surface area contributed by atoms with Crippen LogP contribution < -0.4 is 0 Å². The first-order valence-electron chi connectivity index (χ1n) is 7.41. The van der Waals surface area contributed by atoms with Gasteiger partial charge in [0.1, 0.15) is 5.78 Å². The van der Waals surface area contributed by atoms with Gasteiger partial charge in [0.25, 0.3) is 0 Å². The number of hydrogen-bond acceptors (Lipinski definition) is 1. The Kier molecular flexibility index (Phi) is 7.23. The third-order valence-corrected chi connectivity index (χ3v) is 4.03. The molecule has 1 nitrogen and oxygen atoms in total. The maximum Gasteiger partial charge on any atom is 0.135 e. The molecule has 1 fully saturated rings. The van der Waals surface area contributed by atoms with Crippen molar-refractivity contribution in [1.29, 1.82) is 0 Å². The van der Waals surface area contributed by atoms with E-state index in [9.17, 15) is 4.79 Å². The molecule has 1 rings (SSSR count). The number of rotatable bonds is 8. The normalized spacial score (nSPS) is 24.9. The van der Waals surface area contributed by atoms with E-state index in [0.717, 1.165) is 31.6 Å². The van der Waals surface area contributed by atoms with Gasteiger partial charge in [-0.3, -0.25) is 4.79 Å². The fourth-order valence-electron chi connectivity index (χ4n) is 3.01. The Labute approximate surface area is 107 Å². The molecule has 0 amide bonds. The highest BCUT2D eigenvalue weighted by molar-refractivity contribution is 5.81. The van der Waals surface area contributed by atoms with Crippen molar-refractivity contribution in [1.82, 2.24) is 0 Å². The Bertz CT molecular complexity index is 232. The van der Waals surface area contributed by atoms with Crippen LogP contribution in [0.1, 0.15) is 71.1 Å². The van der Waals surface area contributed by atoms with Gasteiger partial charge in [0, 0.05) is 12.3 Å². The third-order valence-electron chi connectivity index (χ3n) is 4.03. The average Bonchev–Trinajstić information content (AvgIpc) is 2.33. The van der Waals surface area contributed by atoms with E-state index in [-0.39, 0.29) is 0 Å². The number of carbonyl (C=O) groups excluding carboxylic acids is 1. The van der Waals surface area contributed by atoms with Crippen molar-refractivity contribution in [2.75, 3.05) is 0 Å². The predicted octanol–water partition coefficient (Wildman–Crippen LogP) is 4.91. The predicted molar refractivity (Wildman–Crippen MR) is 74.0 cm³/mol. The van der Waals surface area contributed by atoms with E-state index >= 15 is 0 Å². The lowest BCUT2D eigenvalue weighted by Crippen LogP contribution is -2.24. The highest BCUT2D eigenvalue weighted by Gasteiger charge is 2.27. The lowest BCUT2D eigenvalue weighted by molar-refractivity contribution is -0.125. The van der Waals surface area contributed by atoms with E-state index in [4.69, 9.17) is 0 Å². The molecule has 0 spiro atoms. The van der Waals surface area contributed by atoms with Crippen molar-refractivity contribution in [3.8, 4) is 0 Å². The van der Waals surface area contributed by atoms with E-state index < -0.39 is 0 Å². The summed E-state index contributed by atoms with van der Waals surface area (Å²) < 4.78 is 0. The zero-order valence-corrected chi connectivity index (χ0v) is 11.4. The molecule has 0 N–H and O–H groups in total. The minimum absolute atomic E-state index is 0.393. The zero-order valence-electron chi connectivity index (χ0n) is 11.4. The molecule has 0 aromatic rings. The molecule has 0 aromatic carbocycles. The SMILES string of the molecule is C=CCCCCCC1CC(CCC)CCC1=O. The summed E-state index contributed by atoms with van der Waals surface area (Å²) in [6, 6.07) is 0. The van der Waals surface area contributed by atoms with Gasteiger partial charge in [-0.25, -0.2) is 0 Å². The highest BCUT2D eigenvalue weighted by Crippen LogP contribution is 2.32. The van der Waals surface area contributed by atoms with Crippen LogP contribution in [-0.2, 0) is 4.79 Å². The van der Waals surface area contributed by atoms with E-state index in [1.807, 2.05) is 6.08 Å². The van der Waals surface area contributed by atoms with Gasteiger partial charge in [-0.1, -0.05) is 38.7 Å². The standard InChI is InChI=1S/C16H28O/c1-3-5-6-7-8-10-15-13-14(9-4-2)11-12-16(15)17/h3,14-15H,1,4-13H2,2H3. The first-order valence-corrected chi connectivity index (χ1v) is 7.41. The van der Waals surface area contributed by atoms with Crippen LogP contribution in [0.4, 0.5) is 0 Å². The largest absolute Gasteiger partial charge is 0.299 e. The number of ketones is 1. The maximum atomic E-state index is 11.8. The molecule has 0 aromatic heterocycles. The van der Waals surface area contributed by atoms with Crippen molar-refractivity contribution >= 4 is 5.78 Å². The second-order valence-electron chi connectivity index (χ2n) is 5.52. The topological polar surface area (TPSA) is 17.1 Å². The number of hydrogen-bond donors (Lipinski definition) is 0. The van der Waals surface area contributed by atoms with Gasteiger partial charge in [-0.05, 0) is 38.0 Å². The van der Waals surface area contributed by atoms with Crippen LogP contribution in [0.3, 0.4) is 0 Å². The molecule has 2 atom stereocenters. The zero-order chi connectivity index (χ0) is 12.5. The van der Waals surface area contributed by atoms with Crippen LogP contribution in [0.25, 0.3) is 0 Å². The van der Waals surface area contributed by atoms with Crippen LogP contribution in [0.5, 0.6) is 0 Å². The molecular formula is C16H28O. The molecule has 0 saturated heterocycles. The van der Waals surface area contributed by atoms with Crippen LogP contribution in [0.2, 0.25) is 0 Å². The van der Waals surface area contributed by atoms with Crippen molar-refractivity contribution in [3.63, 3.8) is 0 Å². The van der Waals surface area contributed by atoms with Gasteiger partial charge in [0.15, 0.2) is 0 Å². The van der Waals surface area contributed by atoms with Crippen molar-refractivity contribution in [2.45, 2.75) is 71.1 Å². The molecule has 2 unspecified atom stereocenters. The first-order chi connectivity index (χ1) is 8.27. The molecule has 0 aliphatic heterocycles.